The summed E-state index contributed by atoms with van der Waals surface area (Å²) in [6, 6.07) is 0. The van der Waals surface area contributed by atoms with Crippen LogP contribution in [0.3, 0.4) is 0 Å². The van der Waals surface area contributed by atoms with Crippen molar-refractivity contribution in [2.24, 2.45) is 5.92 Å². The van der Waals surface area contributed by atoms with Gasteiger partial charge in [-0.05, 0) is 19.3 Å². The molecule has 2 aliphatic rings. The monoisotopic (exact) mass is 271 g/mol. The van der Waals surface area contributed by atoms with Crippen molar-refractivity contribution in [2.45, 2.75) is 37.7 Å². The van der Waals surface area contributed by atoms with Crippen LogP contribution in [0, 0.1) is 5.92 Å². The second-order valence-corrected chi connectivity index (χ2v) is 5.68. The lowest BCUT2D eigenvalue weighted by atomic mass is 9.71. The van der Waals surface area contributed by atoms with Gasteiger partial charge in [-0.1, -0.05) is 12.8 Å². The second kappa shape index (κ2) is 6.68. The molecule has 0 spiro atoms. The number of piperidine rings is 1. The van der Waals surface area contributed by atoms with Gasteiger partial charge in [-0.25, -0.2) is 0 Å². The van der Waals surface area contributed by atoms with Gasteiger partial charge in [0.15, 0.2) is 0 Å². The highest BCUT2D eigenvalue weighted by Crippen LogP contribution is 2.39. The number of aliphatic hydroxyl groups is 1. The summed E-state index contributed by atoms with van der Waals surface area (Å²) in [7, 11) is 1.61. The number of hydrogen-bond acceptors (Lipinski definition) is 4. The summed E-state index contributed by atoms with van der Waals surface area (Å²) in [5.74, 6) is 0.279. The Kier molecular flexibility index (Phi) is 5.19. The molecule has 2 fully saturated rings. The van der Waals surface area contributed by atoms with Gasteiger partial charge in [0.05, 0.1) is 18.8 Å². The average Bonchev–Trinajstić information content (AvgIpc) is 2.42. The minimum absolute atomic E-state index is 0.0312. The first kappa shape index (κ1) is 14.8. The third kappa shape index (κ3) is 3.68. The van der Waals surface area contributed by atoms with Gasteiger partial charge in [0.25, 0.3) is 0 Å². The van der Waals surface area contributed by atoms with Crippen molar-refractivity contribution in [1.29, 1.82) is 0 Å². The van der Waals surface area contributed by atoms with Crippen LogP contribution in [0.4, 0.5) is 0 Å². The summed E-state index contributed by atoms with van der Waals surface area (Å²) < 4.78 is 10.1. The predicted octanol–water partition coefficient (Wildman–Crippen LogP) is 0.803. The number of amides is 1. The lowest BCUT2D eigenvalue weighted by molar-refractivity contribution is -0.148. The van der Waals surface area contributed by atoms with Crippen LogP contribution >= 0.6 is 0 Å². The molecule has 0 radical (unpaired) electrons. The first-order chi connectivity index (χ1) is 9.15. The van der Waals surface area contributed by atoms with Crippen LogP contribution in [-0.2, 0) is 14.3 Å². The summed E-state index contributed by atoms with van der Waals surface area (Å²) >= 11 is 0. The molecule has 2 unspecified atom stereocenters. The van der Waals surface area contributed by atoms with E-state index in [1.807, 2.05) is 4.90 Å². The van der Waals surface area contributed by atoms with Crippen LogP contribution in [-0.4, -0.2) is 61.5 Å². The molecule has 1 saturated carbocycles. The number of methoxy groups -OCH3 is 1. The smallest absolute Gasteiger partial charge is 0.248 e. The highest BCUT2D eigenvalue weighted by Gasteiger charge is 2.43. The van der Waals surface area contributed by atoms with Gasteiger partial charge < -0.3 is 19.5 Å². The Morgan fingerprint density at radius 1 is 1.37 bits per heavy atom. The molecule has 5 heteroatoms. The average molecular weight is 271 g/mol. The van der Waals surface area contributed by atoms with Gasteiger partial charge in [0, 0.05) is 26.1 Å². The van der Waals surface area contributed by atoms with E-state index in [0.717, 1.165) is 19.3 Å². The van der Waals surface area contributed by atoms with E-state index >= 15 is 0 Å². The van der Waals surface area contributed by atoms with Crippen LogP contribution in [0.2, 0.25) is 0 Å². The maximum Gasteiger partial charge on any atom is 0.248 e. The fourth-order valence-corrected chi connectivity index (χ4v) is 3.19. The van der Waals surface area contributed by atoms with Gasteiger partial charge >= 0.3 is 0 Å². The van der Waals surface area contributed by atoms with Gasteiger partial charge in [-0.3, -0.25) is 4.79 Å². The molecule has 0 bridgehead atoms. The predicted molar refractivity (Wildman–Crippen MR) is 70.8 cm³/mol. The number of nitrogens with zero attached hydrogens (tertiary/aromatic N) is 1. The van der Waals surface area contributed by atoms with Gasteiger partial charge in [-0.2, -0.15) is 0 Å². The van der Waals surface area contributed by atoms with E-state index in [1.165, 1.54) is 6.42 Å². The normalized spacial score (nSPS) is 31.1. The molecular formula is C14H25NO4. The van der Waals surface area contributed by atoms with E-state index in [9.17, 15) is 9.90 Å². The Labute approximate surface area is 114 Å². The number of carbonyl (C=O) groups excluding carboxylic acids is 1. The van der Waals surface area contributed by atoms with Crippen LogP contribution in [0.5, 0.6) is 0 Å². The lowest BCUT2D eigenvalue weighted by Crippen LogP contribution is -2.55. The minimum atomic E-state index is -0.522. The number of likely N-dealkylation sites (tertiary alicyclic amines) is 1. The van der Waals surface area contributed by atoms with Crippen molar-refractivity contribution < 1.29 is 19.4 Å². The second-order valence-electron chi connectivity index (χ2n) is 5.68. The Morgan fingerprint density at radius 2 is 2.21 bits per heavy atom. The van der Waals surface area contributed by atoms with Crippen molar-refractivity contribution in [2.75, 3.05) is 40.0 Å². The van der Waals surface area contributed by atoms with Crippen molar-refractivity contribution in [3.05, 3.63) is 0 Å². The molecule has 2 atom stereocenters. The summed E-state index contributed by atoms with van der Waals surface area (Å²) in [6.07, 6.45) is 4.91. The number of rotatable bonds is 5. The quantitative estimate of drug-likeness (QED) is 0.752. The van der Waals surface area contributed by atoms with Crippen molar-refractivity contribution in [3.63, 3.8) is 0 Å². The fourth-order valence-electron chi connectivity index (χ4n) is 3.19. The summed E-state index contributed by atoms with van der Waals surface area (Å²) in [6.45, 7) is 2.41. The molecule has 0 aromatic carbocycles. The van der Waals surface area contributed by atoms with Crippen LogP contribution in [0.15, 0.2) is 0 Å². The number of fused-ring (bicyclic) bond motifs is 1. The van der Waals surface area contributed by atoms with E-state index in [0.29, 0.717) is 32.7 Å². The molecular weight excluding hydrogens is 246 g/mol. The first-order valence-corrected chi connectivity index (χ1v) is 7.22. The van der Waals surface area contributed by atoms with Gasteiger partial charge in [0.2, 0.25) is 5.91 Å². The maximum atomic E-state index is 12.0. The van der Waals surface area contributed by atoms with Crippen molar-refractivity contribution in [1.82, 2.24) is 4.90 Å². The fraction of sp³-hybridized carbons (Fsp3) is 0.929. The molecule has 110 valence electrons. The largest absolute Gasteiger partial charge is 0.389 e. The lowest BCUT2D eigenvalue weighted by Gasteiger charge is -2.47. The molecule has 5 nitrogen and oxygen atoms in total. The van der Waals surface area contributed by atoms with Gasteiger partial charge in [0.1, 0.15) is 6.61 Å². The molecule has 1 heterocycles. The maximum absolute atomic E-state index is 12.0. The molecule has 2 rings (SSSR count). The Morgan fingerprint density at radius 3 is 3.00 bits per heavy atom. The number of ether oxygens (including phenoxy) is 2. The molecule has 1 saturated heterocycles. The summed E-state index contributed by atoms with van der Waals surface area (Å²) in [5, 5.41) is 10.6. The van der Waals surface area contributed by atoms with Crippen molar-refractivity contribution >= 4 is 5.91 Å². The van der Waals surface area contributed by atoms with Crippen LogP contribution in [0.1, 0.15) is 32.1 Å². The Hall–Kier alpha value is -0.650. The molecule has 1 N–H and O–H groups in total. The van der Waals surface area contributed by atoms with E-state index in [2.05, 4.69) is 0 Å². The molecule has 0 aromatic rings. The first-order valence-electron chi connectivity index (χ1n) is 7.22. The highest BCUT2D eigenvalue weighted by atomic mass is 16.5. The van der Waals surface area contributed by atoms with Crippen molar-refractivity contribution in [3.8, 4) is 0 Å². The van der Waals surface area contributed by atoms with Crippen LogP contribution < -0.4 is 0 Å². The third-order valence-electron chi connectivity index (χ3n) is 4.44. The molecule has 0 aromatic heterocycles. The zero-order valence-corrected chi connectivity index (χ0v) is 11.8. The van der Waals surface area contributed by atoms with E-state index in [-0.39, 0.29) is 18.4 Å². The van der Waals surface area contributed by atoms with E-state index < -0.39 is 5.60 Å². The Bertz CT molecular complexity index is 310. The molecule has 1 aliphatic heterocycles. The zero-order valence-electron chi connectivity index (χ0n) is 11.8. The summed E-state index contributed by atoms with van der Waals surface area (Å²) in [5.41, 5.74) is -0.522. The van der Waals surface area contributed by atoms with E-state index in [4.69, 9.17) is 9.47 Å². The highest BCUT2D eigenvalue weighted by molar-refractivity contribution is 5.77. The molecule has 1 aliphatic carbocycles. The van der Waals surface area contributed by atoms with Crippen LogP contribution in [0.25, 0.3) is 0 Å². The third-order valence-corrected chi connectivity index (χ3v) is 4.44. The topological polar surface area (TPSA) is 59.0 Å². The molecule has 19 heavy (non-hydrogen) atoms. The van der Waals surface area contributed by atoms with Gasteiger partial charge in [-0.15, -0.1) is 0 Å². The number of carbonyl (C=O) groups is 1. The SMILES string of the molecule is COCCOCC(=O)N1CCC2(O)CCCCC2C1. The standard InChI is InChI=1S/C14H25NO4/c1-18-8-9-19-11-13(16)15-7-6-14(17)5-3-2-4-12(14)10-15/h12,17H,2-11H2,1H3. The van der Waals surface area contributed by atoms with E-state index in [1.54, 1.807) is 7.11 Å². The zero-order chi connectivity index (χ0) is 13.7. The minimum Gasteiger partial charge on any atom is -0.389 e. The summed E-state index contributed by atoms with van der Waals surface area (Å²) in [4.78, 5) is 13.9. The Balaban J connectivity index is 1.78. The molecule has 1 amide bonds. The number of hydrogen-bond donors (Lipinski definition) is 1.